The number of aryl methyl sites for hydroxylation is 1. The monoisotopic (exact) mass is 305 g/mol. The van der Waals surface area contributed by atoms with Crippen LogP contribution in [0.25, 0.3) is 0 Å². The number of aromatic nitrogens is 4. The number of nitrogens with zero attached hydrogens (tertiary/aromatic N) is 5. The second kappa shape index (κ2) is 5.47. The molecule has 0 amide bonds. The van der Waals surface area contributed by atoms with E-state index in [0.29, 0.717) is 6.61 Å². The second-order valence-electron chi connectivity index (χ2n) is 5.70. The summed E-state index contributed by atoms with van der Waals surface area (Å²) in [5.74, 6) is 0. The molecule has 2 aromatic rings. The van der Waals surface area contributed by atoms with E-state index in [0.717, 1.165) is 38.2 Å². The standard InChI is InChI=1S/C14H19N5OS/c1-2-14-16-10(9-21-14)6-18-4-3-13-12(7-18)19-11(8-20-13)5-15-17-19/h5,9,12-13H,2-4,6-8H2,1H3/t12-,13+/m1/s1. The molecule has 6 nitrogen and oxygen atoms in total. The molecule has 2 aliphatic heterocycles. The van der Waals surface area contributed by atoms with Crippen LogP contribution >= 0.6 is 11.3 Å². The molecule has 2 aromatic heterocycles. The number of piperidine rings is 1. The largest absolute Gasteiger partial charge is 0.370 e. The number of hydrogen-bond donors (Lipinski definition) is 0. The lowest BCUT2D eigenvalue weighted by molar-refractivity contribution is -0.0671. The van der Waals surface area contributed by atoms with Gasteiger partial charge in [-0.25, -0.2) is 9.67 Å². The minimum atomic E-state index is 0.275. The SMILES string of the molecule is CCc1nc(CN2CC[C@@H]3OCc4cnnn4[C@@H]3C2)cs1. The molecule has 112 valence electrons. The highest BCUT2D eigenvalue weighted by Gasteiger charge is 2.36. The number of rotatable bonds is 3. The molecule has 0 aromatic carbocycles. The molecule has 0 radical (unpaired) electrons. The normalized spacial score (nSPS) is 25.6. The molecule has 0 saturated carbocycles. The second-order valence-corrected chi connectivity index (χ2v) is 6.64. The molecular formula is C14H19N5OS. The Balaban J connectivity index is 1.48. The summed E-state index contributed by atoms with van der Waals surface area (Å²) < 4.78 is 8.00. The third-order valence-electron chi connectivity index (χ3n) is 4.30. The molecular weight excluding hydrogens is 286 g/mol. The maximum atomic E-state index is 5.95. The summed E-state index contributed by atoms with van der Waals surface area (Å²) in [6.07, 6.45) is 4.15. The summed E-state index contributed by atoms with van der Waals surface area (Å²) in [6.45, 7) is 5.73. The van der Waals surface area contributed by atoms with Crippen LogP contribution in [-0.4, -0.2) is 44.1 Å². The summed E-state index contributed by atoms with van der Waals surface area (Å²) in [5, 5.41) is 11.7. The summed E-state index contributed by atoms with van der Waals surface area (Å²) >= 11 is 1.76. The smallest absolute Gasteiger partial charge is 0.0930 e. The van der Waals surface area contributed by atoms with Crippen molar-refractivity contribution >= 4 is 11.3 Å². The van der Waals surface area contributed by atoms with Crippen molar-refractivity contribution in [3.05, 3.63) is 28.0 Å². The minimum absolute atomic E-state index is 0.275. The molecule has 4 heterocycles. The van der Waals surface area contributed by atoms with E-state index < -0.39 is 0 Å². The van der Waals surface area contributed by atoms with Gasteiger partial charge in [0, 0.05) is 25.0 Å². The third-order valence-corrected chi connectivity index (χ3v) is 5.34. The van der Waals surface area contributed by atoms with Gasteiger partial charge in [0.1, 0.15) is 0 Å². The van der Waals surface area contributed by atoms with E-state index in [-0.39, 0.29) is 12.1 Å². The fourth-order valence-corrected chi connectivity index (χ4v) is 3.94. The van der Waals surface area contributed by atoms with Gasteiger partial charge in [0.15, 0.2) is 0 Å². The van der Waals surface area contributed by atoms with E-state index in [1.54, 1.807) is 11.3 Å². The van der Waals surface area contributed by atoms with Crippen LogP contribution in [0.15, 0.2) is 11.6 Å². The van der Waals surface area contributed by atoms with Crippen LogP contribution in [0.1, 0.15) is 35.8 Å². The van der Waals surface area contributed by atoms with Crippen molar-refractivity contribution in [1.29, 1.82) is 0 Å². The van der Waals surface area contributed by atoms with Crippen LogP contribution in [0.4, 0.5) is 0 Å². The van der Waals surface area contributed by atoms with Crippen molar-refractivity contribution < 1.29 is 4.74 Å². The van der Waals surface area contributed by atoms with E-state index >= 15 is 0 Å². The van der Waals surface area contributed by atoms with Gasteiger partial charge in [0.25, 0.3) is 0 Å². The Labute approximate surface area is 127 Å². The number of ether oxygens (including phenoxy) is 1. The van der Waals surface area contributed by atoms with Crippen LogP contribution in [0.5, 0.6) is 0 Å². The molecule has 2 aliphatic rings. The van der Waals surface area contributed by atoms with E-state index in [4.69, 9.17) is 4.74 Å². The number of fused-ring (bicyclic) bond motifs is 3. The maximum absolute atomic E-state index is 5.95. The van der Waals surface area contributed by atoms with E-state index in [9.17, 15) is 0 Å². The molecule has 1 saturated heterocycles. The fraction of sp³-hybridized carbons (Fsp3) is 0.643. The van der Waals surface area contributed by atoms with Crippen molar-refractivity contribution in [2.75, 3.05) is 13.1 Å². The molecule has 1 fully saturated rings. The lowest BCUT2D eigenvalue weighted by atomic mass is 10.0. The molecule has 4 rings (SSSR count). The van der Waals surface area contributed by atoms with Crippen molar-refractivity contribution in [2.45, 2.75) is 45.1 Å². The zero-order chi connectivity index (χ0) is 14.2. The summed E-state index contributed by atoms with van der Waals surface area (Å²) in [7, 11) is 0. The Morgan fingerprint density at radius 2 is 2.43 bits per heavy atom. The van der Waals surface area contributed by atoms with Crippen molar-refractivity contribution in [3.8, 4) is 0 Å². The topological polar surface area (TPSA) is 56.1 Å². The van der Waals surface area contributed by atoms with E-state index in [1.165, 1.54) is 10.7 Å². The first kappa shape index (κ1) is 13.4. The predicted molar refractivity (Wildman–Crippen MR) is 79.0 cm³/mol. The lowest BCUT2D eigenvalue weighted by Gasteiger charge is -2.40. The summed E-state index contributed by atoms with van der Waals surface area (Å²) in [4.78, 5) is 7.13. The predicted octanol–water partition coefficient (Wildman–Crippen LogP) is 1.64. The first-order valence-electron chi connectivity index (χ1n) is 7.50. The number of likely N-dealkylation sites (tertiary alicyclic amines) is 1. The minimum Gasteiger partial charge on any atom is -0.370 e. The van der Waals surface area contributed by atoms with Gasteiger partial charge in [-0.1, -0.05) is 12.1 Å². The summed E-state index contributed by atoms with van der Waals surface area (Å²) in [5.41, 5.74) is 2.27. The Morgan fingerprint density at radius 1 is 1.48 bits per heavy atom. The van der Waals surface area contributed by atoms with Gasteiger partial charge in [-0.3, -0.25) is 4.90 Å². The third kappa shape index (κ3) is 2.49. The van der Waals surface area contributed by atoms with Crippen molar-refractivity contribution in [2.24, 2.45) is 0 Å². The Morgan fingerprint density at radius 3 is 3.29 bits per heavy atom. The van der Waals surface area contributed by atoms with E-state index in [2.05, 4.69) is 37.2 Å². The van der Waals surface area contributed by atoms with Gasteiger partial charge in [-0.15, -0.1) is 16.4 Å². The molecule has 0 aliphatic carbocycles. The molecule has 0 unspecified atom stereocenters. The molecule has 0 bridgehead atoms. The van der Waals surface area contributed by atoms with Gasteiger partial charge in [0.2, 0.25) is 0 Å². The highest BCUT2D eigenvalue weighted by Crippen LogP contribution is 2.30. The van der Waals surface area contributed by atoms with Gasteiger partial charge in [0.05, 0.1) is 41.3 Å². The Hall–Kier alpha value is -1.31. The quantitative estimate of drug-likeness (QED) is 0.863. The van der Waals surface area contributed by atoms with Gasteiger partial charge >= 0.3 is 0 Å². The van der Waals surface area contributed by atoms with Gasteiger partial charge < -0.3 is 4.74 Å². The molecule has 2 atom stereocenters. The van der Waals surface area contributed by atoms with Gasteiger partial charge in [-0.2, -0.15) is 0 Å². The molecule has 7 heteroatoms. The number of hydrogen-bond acceptors (Lipinski definition) is 6. The van der Waals surface area contributed by atoms with Crippen molar-refractivity contribution in [3.63, 3.8) is 0 Å². The highest BCUT2D eigenvalue weighted by molar-refractivity contribution is 7.09. The van der Waals surface area contributed by atoms with Crippen LogP contribution in [0.3, 0.4) is 0 Å². The zero-order valence-corrected chi connectivity index (χ0v) is 12.9. The van der Waals surface area contributed by atoms with Crippen LogP contribution < -0.4 is 0 Å². The van der Waals surface area contributed by atoms with Crippen molar-refractivity contribution in [1.82, 2.24) is 24.9 Å². The average molecular weight is 305 g/mol. The Bertz CT molecular complexity index is 624. The molecule has 0 spiro atoms. The average Bonchev–Trinajstić information content (AvgIpc) is 3.15. The first-order valence-corrected chi connectivity index (χ1v) is 8.37. The molecule has 0 N–H and O–H groups in total. The Kier molecular flexibility index (Phi) is 3.48. The van der Waals surface area contributed by atoms with E-state index in [1.807, 2.05) is 6.20 Å². The molecule has 21 heavy (non-hydrogen) atoms. The lowest BCUT2D eigenvalue weighted by Crippen LogP contribution is -2.47. The highest BCUT2D eigenvalue weighted by atomic mass is 32.1. The zero-order valence-electron chi connectivity index (χ0n) is 12.1. The summed E-state index contributed by atoms with van der Waals surface area (Å²) in [6, 6.07) is 0.286. The fourth-order valence-electron chi connectivity index (χ4n) is 3.20. The van der Waals surface area contributed by atoms with Crippen LogP contribution in [0, 0.1) is 0 Å². The van der Waals surface area contributed by atoms with Gasteiger partial charge in [-0.05, 0) is 12.8 Å². The maximum Gasteiger partial charge on any atom is 0.0930 e. The van der Waals surface area contributed by atoms with Crippen LogP contribution in [0.2, 0.25) is 0 Å². The van der Waals surface area contributed by atoms with Crippen LogP contribution in [-0.2, 0) is 24.3 Å². The number of thiazole rings is 1. The first-order chi connectivity index (χ1) is 10.3.